The average molecular weight is 195 g/mol. The molecule has 1 aliphatic heterocycles. The molecule has 0 aromatic rings. The molecule has 0 saturated heterocycles. The van der Waals surface area contributed by atoms with E-state index in [4.69, 9.17) is 5.26 Å². The van der Waals surface area contributed by atoms with Crippen LogP contribution < -0.4 is 0 Å². The van der Waals surface area contributed by atoms with Gasteiger partial charge in [-0.1, -0.05) is 11.1 Å². The van der Waals surface area contributed by atoms with Crippen molar-refractivity contribution in [3.8, 4) is 6.07 Å². The van der Waals surface area contributed by atoms with Crippen molar-refractivity contribution in [3.05, 3.63) is 11.1 Å². The third-order valence-corrected chi connectivity index (χ3v) is 3.84. The van der Waals surface area contributed by atoms with Gasteiger partial charge in [0.25, 0.3) is 0 Å². The van der Waals surface area contributed by atoms with Crippen molar-refractivity contribution in [1.29, 1.82) is 5.26 Å². The molecule has 1 heterocycles. The van der Waals surface area contributed by atoms with E-state index in [0.717, 1.165) is 18.6 Å². The van der Waals surface area contributed by atoms with Crippen LogP contribution in [-0.2, 0) is 0 Å². The van der Waals surface area contributed by atoms with Crippen molar-refractivity contribution >= 4 is 11.8 Å². The Balaban J connectivity index is 2.66. The molecule has 1 atom stereocenters. The van der Waals surface area contributed by atoms with E-state index in [2.05, 4.69) is 19.9 Å². The van der Waals surface area contributed by atoms with Crippen molar-refractivity contribution in [1.82, 2.24) is 0 Å². The predicted molar refractivity (Wildman–Crippen MR) is 58.7 cm³/mol. The maximum atomic E-state index is 8.92. The largest absolute Gasteiger partial charge is 0.198 e. The first-order valence-corrected chi connectivity index (χ1v) is 6.02. The molecule has 0 aromatic carbocycles. The highest BCUT2D eigenvalue weighted by atomic mass is 32.2. The Bertz CT molecular complexity index is 237. The molecule has 13 heavy (non-hydrogen) atoms. The molecule has 0 aliphatic carbocycles. The number of hydrogen-bond donors (Lipinski definition) is 0. The van der Waals surface area contributed by atoms with Crippen molar-refractivity contribution in [2.45, 2.75) is 33.1 Å². The Hall–Kier alpha value is -0.420. The highest BCUT2D eigenvalue weighted by molar-refractivity contribution is 7.99. The maximum absolute atomic E-state index is 8.92. The van der Waals surface area contributed by atoms with Crippen LogP contribution in [0.15, 0.2) is 11.1 Å². The summed E-state index contributed by atoms with van der Waals surface area (Å²) in [6.45, 7) is 4.37. The van der Waals surface area contributed by atoms with Crippen molar-refractivity contribution < 1.29 is 0 Å². The standard InChI is InChI=1S/C11H17NS/c1-9-6-11(7-12)4-3-5-13-8-10(9)2/h11H,3-6,8H2,1-2H3/b10-9-. The van der Waals surface area contributed by atoms with E-state index in [9.17, 15) is 0 Å². The molecule has 0 fully saturated rings. The molecule has 2 heteroatoms. The van der Waals surface area contributed by atoms with Gasteiger partial charge in [0.15, 0.2) is 0 Å². The van der Waals surface area contributed by atoms with Gasteiger partial charge in [0.2, 0.25) is 0 Å². The van der Waals surface area contributed by atoms with E-state index in [1.807, 2.05) is 11.8 Å². The number of allylic oxidation sites excluding steroid dienone is 1. The molecule has 0 radical (unpaired) electrons. The second kappa shape index (κ2) is 5.34. The van der Waals surface area contributed by atoms with Gasteiger partial charge < -0.3 is 0 Å². The summed E-state index contributed by atoms with van der Waals surface area (Å²) >= 11 is 2.00. The molecule has 1 aliphatic rings. The highest BCUT2D eigenvalue weighted by Crippen LogP contribution is 2.24. The molecule has 0 amide bonds. The molecule has 0 N–H and O–H groups in total. The van der Waals surface area contributed by atoms with E-state index < -0.39 is 0 Å². The maximum Gasteiger partial charge on any atom is 0.0659 e. The first-order chi connectivity index (χ1) is 6.24. The van der Waals surface area contributed by atoms with Gasteiger partial charge >= 0.3 is 0 Å². The fourth-order valence-electron chi connectivity index (χ4n) is 1.54. The summed E-state index contributed by atoms with van der Waals surface area (Å²) in [5.41, 5.74) is 2.91. The Morgan fingerprint density at radius 2 is 2.15 bits per heavy atom. The molecular weight excluding hydrogens is 178 g/mol. The van der Waals surface area contributed by atoms with Crippen LogP contribution in [0.2, 0.25) is 0 Å². The SMILES string of the molecule is C/C1=C(\C)CC(C#N)CCCSC1. The van der Waals surface area contributed by atoms with E-state index in [-0.39, 0.29) is 5.92 Å². The zero-order valence-electron chi connectivity index (χ0n) is 8.47. The molecule has 1 rings (SSSR count). The zero-order chi connectivity index (χ0) is 9.68. The van der Waals surface area contributed by atoms with Crippen LogP contribution in [-0.4, -0.2) is 11.5 Å². The van der Waals surface area contributed by atoms with Crippen LogP contribution in [0.25, 0.3) is 0 Å². The van der Waals surface area contributed by atoms with Crippen molar-refractivity contribution in [3.63, 3.8) is 0 Å². The van der Waals surface area contributed by atoms with Gasteiger partial charge in [0, 0.05) is 5.75 Å². The molecule has 0 bridgehead atoms. The Morgan fingerprint density at radius 3 is 2.85 bits per heavy atom. The Morgan fingerprint density at radius 1 is 1.38 bits per heavy atom. The summed E-state index contributed by atoms with van der Waals surface area (Å²) in [5.74, 6) is 2.63. The van der Waals surface area contributed by atoms with E-state index in [0.29, 0.717) is 0 Å². The van der Waals surface area contributed by atoms with Crippen LogP contribution in [0.1, 0.15) is 33.1 Å². The first-order valence-electron chi connectivity index (χ1n) is 4.86. The first kappa shape index (κ1) is 10.7. The molecule has 1 nitrogen and oxygen atoms in total. The molecule has 0 aromatic heterocycles. The van der Waals surface area contributed by atoms with Crippen molar-refractivity contribution in [2.75, 3.05) is 11.5 Å². The lowest BCUT2D eigenvalue weighted by atomic mass is 9.95. The molecule has 1 unspecified atom stereocenters. The van der Waals surface area contributed by atoms with Gasteiger partial charge in [-0.3, -0.25) is 0 Å². The number of thioether (sulfide) groups is 1. The summed E-state index contributed by atoms with van der Waals surface area (Å²) in [7, 11) is 0. The average Bonchev–Trinajstić information content (AvgIpc) is 2.20. The molecule has 72 valence electrons. The van der Waals surface area contributed by atoms with E-state index >= 15 is 0 Å². The van der Waals surface area contributed by atoms with E-state index in [1.165, 1.54) is 23.3 Å². The molecule has 0 saturated carbocycles. The van der Waals surface area contributed by atoms with Crippen LogP contribution in [0.3, 0.4) is 0 Å². The third kappa shape index (κ3) is 3.44. The molecular formula is C11H17NS. The summed E-state index contributed by atoms with van der Waals surface area (Å²) < 4.78 is 0. The minimum atomic E-state index is 0.258. The van der Waals surface area contributed by atoms with Gasteiger partial charge in [0.1, 0.15) is 0 Å². The van der Waals surface area contributed by atoms with Gasteiger partial charge in [-0.25, -0.2) is 0 Å². The number of hydrogen-bond acceptors (Lipinski definition) is 2. The topological polar surface area (TPSA) is 23.8 Å². The normalized spacial score (nSPS) is 31.3. The second-order valence-corrected chi connectivity index (χ2v) is 4.89. The van der Waals surface area contributed by atoms with Crippen LogP contribution in [0.5, 0.6) is 0 Å². The Labute approximate surface area is 85.2 Å². The minimum Gasteiger partial charge on any atom is -0.198 e. The minimum absolute atomic E-state index is 0.258. The smallest absolute Gasteiger partial charge is 0.0659 e. The van der Waals surface area contributed by atoms with Crippen LogP contribution >= 0.6 is 11.8 Å². The lowest BCUT2D eigenvalue weighted by molar-refractivity contribution is 0.589. The predicted octanol–water partition coefficient (Wildman–Crippen LogP) is 3.38. The summed E-state index contributed by atoms with van der Waals surface area (Å²) in [6, 6.07) is 2.41. The number of nitriles is 1. The van der Waals surface area contributed by atoms with Crippen LogP contribution in [0.4, 0.5) is 0 Å². The zero-order valence-corrected chi connectivity index (χ0v) is 9.28. The van der Waals surface area contributed by atoms with Gasteiger partial charge in [-0.05, 0) is 38.9 Å². The fraction of sp³-hybridized carbons (Fsp3) is 0.727. The van der Waals surface area contributed by atoms with Gasteiger partial charge in [-0.15, -0.1) is 0 Å². The summed E-state index contributed by atoms with van der Waals surface area (Å²) in [4.78, 5) is 0. The van der Waals surface area contributed by atoms with Gasteiger partial charge in [-0.2, -0.15) is 17.0 Å². The number of rotatable bonds is 0. The summed E-state index contributed by atoms with van der Waals surface area (Å²) in [6.07, 6.45) is 3.26. The van der Waals surface area contributed by atoms with Crippen molar-refractivity contribution in [2.24, 2.45) is 5.92 Å². The third-order valence-electron chi connectivity index (χ3n) is 2.62. The fourth-order valence-corrected chi connectivity index (χ4v) is 2.60. The number of nitrogens with zero attached hydrogens (tertiary/aromatic N) is 1. The monoisotopic (exact) mass is 195 g/mol. The summed E-state index contributed by atoms with van der Waals surface area (Å²) in [5, 5.41) is 8.92. The highest BCUT2D eigenvalue weighted by Gasteiger charge is 2.11. The lowest BCUT2D eigenvalue weighted by Crippen LogP contribution is -1.98. The van der Waals surface area contributed by atoms with Crippen LogP contribution in [0, 0.1) is 17.2 Å². The second-order valence-electron chi connectivity index (χ2n) is 3.79. The lowest BCUT2D eigenvalue weighted by Gasteiger charge is -2.08. The van der Waals surface area contributed by atoms with Gasteiger partial charge in [0.05, 0.1) is 12.0 Å². The molecule has 0 spiro atoms. The Kier molecular flexibility index (Phi) is 4.38. The van der Waals surface area contributed by atoms with E-state index in [1.54, 1.807) is 0 Å². The quantitative estimate of drug-likeness (QED) is 0.553.